The molecule has 0 spiro atoms. The fourth-order valence-corrected chi connectivity index (χ4v) is 3.31. The van der Waals surface area contributed by atoms with Crippen LogP contribution >= 0.6 is 0 Å². The number of benzene rings is 1. The Balaban J connectivity index is 0.00000480. The summed E-state index contributed by atoms with van der Waals surface area (Å²) in [4.78, 5) is 16.5. The maximum absolute atomic E-state index is 12.6. The Labute approximate surface area is 182 Å². The fourth-order valence-electron chi connectivity index (χ4n) is 3.31. The number of carbonyl (C=O) groups is 1. The number of hydrogen-bond donors (Lipinski definition) is 3. The number of allylic oxidation sites excluding steroid dienone is 4. The number of aliphatic hydroxyl groups excluding tert-OH is 2. The van der Waals surface area contributed by atoms with E-state index >= 15 is 0 Å². The average Bonchev–Trinajstić information content (AvgIpc) is 2.77. The fraction of sp³-hybridized carbons (Fsp3) is 0.333. The largest absolute Gasteiger partial charge is 0.394 e. The molecule has 168 valence electrons. The zero-order valence-electron chi connectivity index (χ0n) is 17.5. The quantitative estimate of drug-likeness (QED) is 0.349. The van der Waals surface area contributed by atoms with Crippen LogP contribution in [0.4, 0.5) is 4.70 Å². The van der Waals surface area contributed by atoms with Gasteiger partial charge in [-0.25, -0.2) is 0 Å². The summed E-state index contributed by atoms with van der Waals surface area (Å²) < 4.78 is 5.13. The first-order chi connectivity index (χ1) is 14.6. The van der Waals surface area contributed by atoms with Crippen LogP contribution in [0.5, 0.6) is 0 Å². The van der Waals surface area contributed by atoms with Gasteiger partial charge in [-0.05, 0) is 34.8 Å². The van der Waals surface area contributed by atoms with E-state index in [4.69, 9.17) is 15.6 Å². The van der Waals surface area contributed by atoms with Crippen LogP contribution in [0, 0.1) is 5.92 Å². The molecule has 0 saturated carbocycles. The molecular weight excluding hydrogens is 399 g/mol. The lowest BCUT2D eigenvalue weighted by molar-refractivity contribution is -0.120. The highest BCUT2D eigenvalue weighted by Gasteiger charge is 2.22. The van der Waals surface area contributed by atoms with Crippen molar-refractivity contribution in [1.82, 2.24) is 0 Å². The molecule has 0 radical (unpaired) electrons. The summed E-state index contributed by atoms with van der Waals surface area (Å²) in [6.45, 7) is 3.84. The van der Waals surface area contributed by atoms with Crippen LogP contribution < -0.4 is 5.73 Å². The third-order valence-electron chi connectivity index (χ3n) is 4.79. The van der Waals surface area contributed by atoms with Gasteiger partial charge in [0.2, 0.25) is 0 Å². The van der Waals surface area contributed by atoms with Gasteiger partial charge in [0.25, 0.3) is 0 Å². The Morgan fingerprint density at radius 2 is 2.23 bits per heavy atom. The molecular formula is C24H31FN2O4. The van der Waals surface area contributed by atoms with Gasteiger partial charge in [-0.2, -0.15) is 0 Å². The molecule has 0 saturated heterocycles. The molecule has 1 aliphatic carbocycles. The van der Waals surface area contributed by atoms with Crippen LogP contribution in [0.1, 0.15) is 24.0 Å². The van der Waals surface area contributed by atoms with Gasteiger partial charge in [-0.3, -0.25) is 14.5 Å². The molecule has 2 rings (SSSR count). The van der Waals surface area contributed by atoms with Gasteiger partial charge in [-0.15, -0.1) is 0 Å². The topological polar surface area (TPSA) is 105 Å². The first-order valence-electron chi connectivity index (χ1n) is 10.0. The first kappa shape index (κ1) is 26.3. The molecule has 7 heteroatoms. The predicted octanol–water partition coefficient (Wildman–Crippen LogP) is 2.73. The smallest absolute Gasteiger partial charge is 0.158 e. The molecule has 4 N–H and O–H groups in total. The average molecular weight is 431 g/mol. The zero-order chi connectivity index (χ0) is 21.8. The number of nitrogens with two attached hydrogens (primary N) is 1. The zero-order valence-corrected chi connectivity index (χ0v) is 17.5. The number of halogens is 1. The Morgan fingerprint density at radius 1 is 1.42 bits per heavy atom. The van der Waals surface area contributed by atoms with Gasteiger partial charge in [0, 0.05) is 37.7 Å². The number of Topliss-reactive ketones (excluding diaryl/α,β-unsaturated/α-hetero) is 1. The summed E-state index contributed by atoms with van der Waals surface area (Å²) in [6.07, 6.45) is 10.7. The number of nitrogens with zero attached hydrogens (tertiary/aromatic N) is 1. The number of rotatable bonds is 12. The molecule has 0 aromatic heterocycles. The first-order valence-corrected chi connectivity index (χ1v) is 10.0. The molecule has 0 fully saturated rings. The van der Waals surface area contributed by atoms with E-state index in [0.29, 0.717) is 25.8 Å². The second-order valence-electron chi connectivity index (χ2n) is 6.91. The van der Waals surface area contributed by atoms with Gasteiger partial charge in [-0.1, -0.05) is 49.1 Å². The summed E-state index contributed by atoms with van der Waals surface area (Å²) in [5.41, 5.74) is 9.88. The van der Waals surface area contributed by atoms with E-state index in [0.717, 1.165) is 22.3 Å². The van der Waals surface area contributed by atoms with E-state index in [1.54, 1.807) is 18.4 Å². The molecule has 0 aliphatic heterocycles. The summed E-state index contributed by atoms with van der Waals surface area (Å²) >= 11 is 0. The van der Waals surface area contributed by atoms with E-state index in [1.807, 2.05) is 36.4 Å². The number of carbonyl (C=O) groups excluding carboxylic acids is 1. The minimum atomic E-state index is -0.979. The Hall–Kier alpha value is -2.71. The molecule has 0 amide bonds. The van der Waals surface area contributed by atoms with Crippen LogP contribution in [0.25, 0.3) is 5.57 Å². The highest BCUT2D eigenvalue weighted by molar-refractivity contribution is 5.88. The van der Waals surface area contributed by atoms with Crippen LogP contribution in [-0.4, -0.2) is 48.3 Å². The Bertz CT molecular complexity index is 846. The van der Waals surface area contributed by atoms with Crippen molar-refractivity contribution in [3.05, 3.63) is 78.0 Å². The van der Waals surface area contributed by atoms with E-state index in [1.165, 1.54) is 6.20 Å². The molecule has 0 bridgehead atoms. The maximum atomic E-state index is 12.6. The van der Waals surface area contributed by atoms with Crippen molar-refractivity contribution in [3.63, 3.8) is 0 Å². The Kier molecular flexibility index (Phi) is 12.2. The van der Waals surface area contributed by atoms with E-state index in [2.05, 4.69) is 11.6 Å². The second kappa shape index (κ2) is 14.3. The van der Waals surface area contributed by atoms with Crippen molar-refractivity contribution in [3.8, 4) is 0 Å². The minimum Gasteiger partial charge on any atom is -0.394 e. The molecule has 1 aromatic carbocycles. The molecule has 2 unspecified atom stereocenters. The molecule has 2 atom stereocenters. The van der Waals surface area contributed by atoms with Gasteiger partial charge >= 0.3 is 0 Å². The van der Waals surface area contributed by atoms with Crippen molar-refractivity contribution in [2.45, 2.75) is 25.6 Å². The van der Waals surface area contributed by atoms with Crippen molar-refractivity contribution in [2.75, 3.05) is 19.8 Å². The molecule has 31 heavy (non-hydrogen) atoms. The van der Waals surface area contributed by atoms with Crippen LogP contribution in [0.3, 0.4) is 0 Å². The number of ether oxygens (including phenoxy) is 1. The standard InChI is InChI=1S/C24H30N2O4.FH/c1-2-26-11-4-3-8-23(28)20-9-10-21(17-25)22(16-20)19-7-5-6-18(14-19)15-24(29)30-13-12-27;/h2-7,9-11,14,20,24,27,29H,1,8,12-13,15-17,25H2;1H/b4-3+,26-11?;. The molecule has 1 aliphatic rings. The molecule has 0 heterocycles. The maximum Gasteiger partial charge on any atom is 0.158 e. The summed E-state index contributed by atoms with van der Waals surface area (Å²) in [5.74, 6) is -0.0783. The lowest BCUT2D eigenvalue weighted by Gasteiger charge is -2.22. The lowest BCUT2D eigenvalue weighted by Crippen LogP contribution is -2.18. The number of hydrogen-bond acceptors (Lipinski definition) is 6. The van der Waals surface area contributed by atoms with Gasteiger partial charge in [0.15, 0.2) is 6.29 Å². The third-order valence-corrected chi connectivity index (χ3v) is 4.79. The second-order valence-corrected chi connectivity index (χ2v) is 6.91. The Morgan fingerprint density at radius 3 is 2.94 bits per heavy atom. The number of ketones is 1. The van der Waals surface area contributed by atoms with Gasteiger partial charge in [0.1, 0.15) is 5.78 Å². The van der Waals surface area contributed by atoms with Crippen molar-refractivity contribution in [2.24, 2.45) is 16.6 Å². The van der Waals surface area contributed by atoms with Gasteiger partial charge < -0.3 is 20.7 Å². The molecule has 6 nitrogen and oxygen atoms in total. The van der Waals surface area contributed by atoms with E-state index in [-0.39, 0.29) is 29.6 Å². The number of aliphatic imine (C=N–C) groups is 1. The normalized spacial score (nSPS) is 17.2. The summed E-state index contributed by atoms with van der Waals surface area (Å²) in [7, 11) is 0. The van der Waals surface area contributed by atoms with E-state index < -0.39 is 6.29 Å². The van der Waals surface area contributed by atoms with Gasteiger partial charge in [0.05, 0.1) is 13.2 Å². The highest BCUT2D eigenvalue weighted by atomic mass is 19.0. The monoisotopic (exact) mass is 430 g/mol. The highest BCUT2D eigenvalue weighted by Crippen LogP contribution is 2.32. The van der Waals surface area contributed by atoms with Crippen LogP contribution in [0.2, 0.25) is 0 Å². The van der Waals surface area contributed by atoms with Crippen LogP contribution in [-0.2, 0) is 16.0 Å². The van der Waals surface area contributed by atoms with Crippen molar-refractivity contribution < 1.29 is 24.4 Å². The third kappa shape index (κ3) is 8.51. The predicted molar refractivity (Wildman–Crippen MR) is 122 cm³/mol. The summed E-state index contributed by atoms with van der Waals surface area (Å²) in [5, 5.41) is 18.8. The van der Waals surface area contributed by atoms with Crippen molar-refractivity contribution >= 4 is 17.6 Å². The number of aliphatic hydroxyl groups is 2. The van der Waals surface area contributed by atoms with Crippen molar-refractivity contribution in [1.29, 1.82) is 0 Å². The lowest BCUT2D eigenvalue weighted by atomic mass is 9.82. The SMILES string of the molecule is C=CN=C/C=C/CC(=O)C1C=CC(CN)=C(c2cccc(CC(O)OCCO)c2)C1.F. The summed E-state index contributed by atoms with van der Waals surface area (Å²) in [6, 6.07) is 7.81. The van der Waals surface area contributed by atoms with E-state index in [9.17, 15) is 9.90 Å². The van der Waals surface area contributed by atoms with Crippen LogP contribution in [0.15, 0.2) is 71.9 Å². The molecule has 1 aromatic rings. The minimum absolute atomic E-state index is 0.